The summed E-state index contributed by atoms with van der Waals surface area (Å²) in [7, 11) is 1.55. The maximum Gasteiger partial charge on any atom is 0.346 e. The molecule has 2 heterocycles. The van der Waals surface area contributed by atoms with Crippen molar-refractivity contribution >= 4 is 41.4 Å². The highest BCUT2D eigenvalue weighted by molar-refractivity contribution is 6.32. The summed E-state index contributed by atoms with van der Waals surface area (Å²) in [6, 6.07) is 13.3. The summed E-state index contributed by atoms with van der Waals surface area (Å²) >= 11 is 12.6. The summed E-state index contributed by atoms with van der Waals surface area (Å²) in [5.41, 5.74) is 1.07. The van der Waals surface area contributed by atoms with Gasteiger partial charge in [-0.15, -0.1) is 5.01 Å². The molecule has 32 heavy (non-hydrogen) atoms. The van der Waals surface area contributed by atoms with Gasteiger partial charge in [0.15, 0.2) is 0 Å². The number of hydrogen-bond acceptors (Lipinski definition) is 5. The first-order valence-electron chi connectivity index (χ1n) is 9.61. The summed E-state index contributed by atoms with van der Waals surface area (Å²) in [5, 5.41) is 12.8. The summed E-state index contributed by atoms with van der Waals surface area (Å²) < 4.78 is 6.66. The Morgan fingerprint density at radius 2 is 1.88 bits per heavy atom. The molecule has 1 N–H and O–H groups in total. The Morgan fingerprint density at radius 3 is 2.53 bits per heavy atom. The van der Waals surface area contributed by atoms with Crippen LogP contribution in [0.5, 0.6) is 5.75 Å². The van der Waals surface area contributed by atoms with Crippen molar-refractivity contribution in [2.75, 3.05) is 7.11 Å². The van der Waals surface area contributed by atoms with Crippen molar-refractivity contribution in [3.8, 4) is 11.4 Å². The minimum Gasteiger partial charge on any atom is -0.497 e. The molecule has 1 aliphatic heterocycles. The van der Waals surface area contributed by atoms with E-state index in [9.17, 15) is 9.59 Å². The molecule has 3 amide bonds. The summed E-state index contributed by atoms with van der Waals surface area (Å²) in [5.74, 6) is 0.130. The molecule has 1 saturated heterocycles. The molecule has 1 aromatic heterocycles. The van der Waals surface area contributed by atoms with Gasteiger partial charge in [0.05, 0.1) is 30.3 Å². The molecular weight excluding hydrogens is 453 g/mol. The lowest BCUT2D eigenvalue weighted by molar-refractivity contribution is -0.131. The molecule has 0 saturated carbocycles. The van der Waals surface area contributed by atoms with E-state index in [2.05, 4.69) is 15.5 Å². The topological polar surface area (TPSA) is 88.8 Å². The van der Waals surface area contributed by atoms with Crippen molar-refractivity contribution < 1.29 is 14.3 Å². The van der Waals surface area contributed by atoms with Crippen LogP contribution in [0.3, 0.4) is 0 Å². The monoisotopic (exact) mass is 471 g/mol. The predicted molar refractivity (Wildman–Crippen MR) is 122 cm³/mol. The Morgan fingerprint density at radius 1 is 1.16 bits per heavy atom. The molecule has 0 bridgehead atoms. The number of nitrogens with one attached hydrogen (secondary N) is 1. The summed E-state index contributed by atoms with van der Waals surface area (Å²) in [6.07, 6.45) is 1.35. The predicted octanol–water partition coefficient (Wildman–Crippen LogP) is 4.30. The maximum atomic E-state index is 13.1. The van der Waals surface area contributed by atoms with Gasteiger partial charge in [-0.3, -0.25) is 4.79 Å². The van der Waals surface area contributed by atoms with Crippen LogP contribution in [0, 0.1) is 6.92 Å². The zero-order valence-corrected chi connectivity index (χ0v) is 19.0. The average molecular weight is 472 g/mol. The molecule has 0 spiro atoms. The van der Waals surface area contributed by atoms with Gasteiger partial charge in [-0.1, -0.05) is 41.4 Å². The third-order valence-electron chi connectivity index (χ3n) is 5.24. The quantitative estimate of drug-likeness (QED) is 0.443. The first-order chi connectivity index (χ1) is 15.2. The molecule has 10 heteroatoms. The number of amides is 3. The van der Waals surface area contributed by atoms with Crippen LogP contribution in [0.4, 0.5) is 4.79 Å². The van der Waals surface area contributed by atoms with Crippen LogP contribution in [0.25, 0.3) is 5.69 Å². The zero-order valence-electron chi connectivity index (χ0n) is 17.5. The van der Waals surface area contributed by atoms with Gasteiger partial charge in [-0.2, -0.15) is 10.2 Å². The number of aromatic nitrogens is 2. The Bertz CT molecular complexity index is 1240. The standard InChI is InChI=1S/C22H19Cl2N5O3/c1-13-18(19(24)28(27-13)16-6-4-5-15(23)11-16)12-25-29-20(30)22(2,26-21(29)31)14-7-9-17(32-3)10-8-14/h4-12H,1-3H3,(H,26,31). The first kappa shape index (κ1) is 21.9. The van der Waals surface area contributed by atoms with Crippen LogP contribution >= 0.6 is 23.2 Å². The van der Waals surface area contributed by atoms with Crippen molar-refractivity contribution in [1.82, 2.24) is 20.1 Å². The van der Waals surface area contributed by atoms with Gasteiger partial charge in [0.2, 0.25) is 0 Å². The number of halogens is 2. The molecule has 2 aromatic carbocycles. The lowest BCUT2D eigenvalue weighted by Gasteiger charge is -2.21. The minimum absolute atomic E-state index is 0.276. The summed E-state index contributed by atoms with van der Waals surface area (Å²) in [4.78, 5) is 25.6. The molecule has 3 aromatic rings. The van der Waals surface area contributed by atoms with Crippen molar-refractivity contribution in [3.05, 3.63) is 75.5 Å². The van der Waals surface area contributed by atoms with Crippen LogP contribution in [-0.4, -0.2) is 40.1 Å². The largest absolute Gasteiger partial charge is 0.497 e. The number of carbonyl (C=O) groups excluding carboxylic acids is 2. The highest BCUT2D eigenvalue weighted by atomic mass is 35.5. The highest BCUT2D eigenvalue weighted by Gasteiger charge is 2.49. The second-order valence-electron chi connectivity index (χ2n) is 7.33. The van der Waals surface area contributed by atoms with E-state index in [1.807, 2.05) is 6.07 Å². The Kier molecular flexibility index (Phi) is 5.66. The molecule has 1 atom stereocenters. The number of ether oxygens (including phenoxy) is 1. The molecule has 1 unspecified atom stereocenters. The number of benzene rings is 2. The van der Waals surface area contributed by atoms with Gasteiger partial charge < -0.3 is 10.1 Å². The number of urea groups is 1. The van der Waals surface area contributed by atoms with Gasteiger partial charge in [0, 0.05) is 5.02 Å². The van der Waals surface area contributed by atoms with Crippen molar-refractivity contribution in [2.24, 2.45) is 5.10 Å². The average Bonchev–Trinajstić information content (AvgIpc) is 3.19. The number of hydrazone groups is 1. The molecule has 8 nitrogen and oxygen atoms in total. The van der Waals surface area contributed by atoms with E-state index in [-0.39, 0.29) is 5.15 Å². The van der Waals surface area contributed by atoms with Gasteiger partial charge in [-0.25, -0.2) is 9.48 Å². The Hall–Kier alpha value is -3.36. The summed E-state index contributed by atoms with van der Waals surface area (Å²) in [6.45, 7) is 3.38. The molecule has 164 valence electrons. The van der Waals surface area contributed by atoms with Crippen LogP contribution in [-0.2, 0) is 10.3 Å². The van der Waals surface area contributed by atoms with E-state index in [0.29, 0.717) is 33.3 Å². The number of rotatable bonds is 5. The normalized spacial score (nSPS) is 18.5. The molecule has 0 aliphatic carbocycles. The van der Waals surface area contributed by atoms with Crippen molar-refractivity contribution in [1.29, 1.82) is 0 Å². The van der Waals surface area contributed by atoms with E-state index < -0.39 is 17.5 Å². The molecular formula is C22H19Cl2N5O3. The highest BCUT2D eigenvalue weighted by Crippen LogP contribution is 2.30. The fourth-order valence-electron chi connectivity index (χ4n) is 3.40. The van der Waals surface area contributed by atoms with Gasteiger partial charge in [0.1, 0.15) is 16.4 Å². The van der Waals surface area contributed by atoms with Crippen LogP contribution in [0.15, 0.2) is 53.6 Å². The molecule has 4 rings (SSSR count). The molecule has 1 fully saturated rings. The van der Waals surface area contributed by atoms with E-state index >= 15 is 0 Å². The Labute approximate surface area is 194 Å². The smallest absolute Gasteiger partial charge is 0.346 e. The third kappa shape index (κ3) is 3.72. The third-order valence-corrected chi connectivity index (χ3v) is 5.84. The second-order valence-corrected chi connectivity index (χ2v) is 8.12. The lowest BCUT2D eigenvalue weighted by atomic mass is 9.92. The first-order valence-corrected chi connectivity index (χ1v) is 10.4. The maximum absolute atomic E-state index is 13.1. The fraction of sp³-hybridized carbons (Fsp3) is 0.182. The number of nitrogens with zero attached hydrogens (tertiary/aromatic N) is 4. The van der Waals surface area contributed by atoms with Crippen molar-refractivity contribution in [2.45, 2.75) is 19.4 Å². The second kappa shape index (κ2) is 8.29. The number of aryl methyl sites for hydroxylation is 1. The van der Waals surface area contributed by atoms with E-state index in [4.69, 9.17) is 27.9 Å². The van der Waals surface area contributed by atoms with Crippen LogP contribution in [0.1, 0.15) is 23.7 Å². The Balaban J connectivity index is 1.62. The van der Waals surface area contributed by atoms with Crippen LogP contribution in [0.2, 0.25) is 10.2 Å². The number of imide groups is 1. The van der Waals surface area contributed by atoms with Gasteiger partial charge in [0.25, 0.3) is 5.91 Å². The minimum atomic E-state index is -1.26. The fourth-order valence-corrected chi connectivity index (χ4v) is 3.91. The van der Waals surface area contributed by atoms with Gasteiger partial charge >= 0.3 is 6.03 Å². The molecule has 0 radical (unpaired) electrons. The molecule has 1 aliphatic rings. The van der Waals surface area contributed by atoms with Gasteiger partial charge in [-0.05, 0) is 49.7 Å². The van der Waals surface area contributed by atoms with Crippen LogP contribution < -0.4 is 10.1 Å². The van der Waals surface area contributed by atoms with E-state index in [1.54, 1.807) is 63.4 Å². The number of methoxy groups -OCH3 is 1. The van der Waals surface area contributed by atoms with E-state index in [1.165, 1.54) is 10.9 Å². The van der Waals surface area contributed by atoms with E-state index in [0.717, 1.165) is 5.01 Å². The number of hydrogen-bond donors (Lipinski definition) is 1. The SMILES string of the molecule is COc1ccc(C2(C)NC(=O)N(N=Cc3c(C)nn(-c4cccc(Cl)c4)c3Cl)C2=O)cc1. The lowest BCUT2D eigenvalue weighted by Crippen LogP contribution is -2.40. The number of carbonyl (C=O) groups is 2. The zero-order chi connectivity index (χ0) is 23.0. The van der Waals surface area contributed by atoms with Crippen molar-refractivity contribution in [3.63, 3.8) is 0 Å².